The van der Waals surface area contributed by atoms with Crippen molar-refractivity contribution in [2.24, 2.45) is 0 Å². The second-order valence-electron chi connectivity index (χ2n) is 9.23. The number of rotatable bonds is 7. The summed E-state index contributed by atoms with van der Waals surface area (Å²) >= 11 is 0. The van der Waals surface area contributed by atoms with Gasteiger partial charge >= 0.3 is 0 Å². The average Bonchev–Trinajstić information content (AvgIpc) is 3.25. The Hall–Kier alpha value is -3.77. The number of piperazine rings is 1. The SMILES string of the molecule is C[C@H]1CN(c2ccc(Nc3ncc4ccn(Cc5cccnc5N(C)S(C)(=O)=O)c4n3)cc2F)CCN1. The fourth-order valence-electron chi connectivity index (χ4n) is 4.46. The quantitative estimate of drug-likeness (QED) is 0.380. The first-order valence-corrected chi connectivity index (χ1v) is 13.8. The van der Waals surface area contributed by atoms with Gasteiger partial charge in [0.15, 0.2) is 0 Å². The van der Waals surface area contributed by atoms with Crippen LogP contribution in [0.25, 0.3) is 11.0 Å². The molecule has 0 amide bonds. The predicted molar refractivity (Wildman–Crippen MR) is 143 cm³/mol. The molecule has 0 spiro atoms. The number of nitrogens with one attached hydrogen (secondary N) is 2. The lowest BCUT2D eigenvalue weighted by Crippen LogP contribution is -2.49. The number of pyridine rings is 1. The van der Waals surface area contributed by atoms with Crippen molar-refractivity contribution < 1.29 is 12.8 Å². The van der Waals surface area contributed by atoms with Crippen LogP contribution in [-0.2, 0) is 16.6 Å². The van der Waals surface area contributed by atoms with Gasteiger partial charge in [0.25, 0.3) is 0 Å². The van der Waals surface area contributed by atoms with E-state index in [9.17, 15) is 12.8 Å². The van der Waals surface area contributed by atoms with Crippen LogP contribution < -0.4 is 19.8 Å². The molecule has 0 bridgehead atoms. The average molecular weight is 525 g/mol. The summed E-state index contributed by atoms with van der Waals surface area (Å²) in [5.74, 6) is 0.381. The molecule has 4 aromatic rings. The van der Waals surface area contributed by atoms with Crippen molar-refractivity contribution in [1.82, 2.24) is 24.8 Å². The van der Waals surface area contributed by atoms with Gasteiger partial charge in [-0.15, -0.1) is 0 Å². The number of sulfonamides is 1. The molecule has 37 heavy (non-hydrogen) atoms. The first-order valence-electron chi connectivity index (χ1n) is 11.9. The Morgan fingerprint density at radius 3 is 2.84 bits per heavy atom. The van der Waals surface area contributed by atoms with Crippen molar-refractivity contribution in [3.8, 4) is 0 Å². The number of halogens is 1. The zero-order valence-electron chi connectivity index (χ0n) is 20.9. The molecule has 1 aliphatic rings. The van der Waals surface area contributed by atoms with E-state index in [-0.39, 0.29) is 5.82 Å². The molecule has 1 fully saturated rings. The molecule has 194 valence electrons. The Morgan fingerprint density at radius 1 is 1.24 bits per heavy atom. The lowest BCUT2D eigenvalue weighted by Gasteiger charge is -2.33. The van der Waals surface area contributed by atoms with Gasteiger partial charge in [-0.05, 0) is 37.3 Å². The molecule has 3 aromatic heterocycles. The minimum atomic E-state index is -3.47. The molecule has 1 saturated heterocycles. The number of hydrogen-bond donors (Lipinski definition) is 2. The Balaban J connectivity index is 1.39. The molecular weight excluding hydrogens is 495 g/mol. The monoisotopic (exact) mass is 524 g/mol. The summed E-state index contributed by atoms with van der Waals surface area (Å²) in [6.45, 7) is 4.76. The van der Waals surface area contributed by atoms with Gasteiger partial charge in [0.2, 0.25) is 16.0 Å². The third kappa shape index (κ3) is 5.35. The van der Waals surface area contributed by atoms with E-state index in [1.165, 1.54) is 13.1 Å². The van der Waals surface area contributed by atoms with E-state index in [0.717, 1.165) is 41.1 Å². The maximum Gasteiger partial charge on any atom is 0.233 e. The van der Waals surface area contributed by atoms with Crippen LogP contribution >= 0.6 is 0 Å². The first kappa shape index (κ1) is 24.9. The number of anilines is 4. The lowest BCUT2D eigenvalue weighted by atomic mass is 10.2. The largest absolute Gasteiger partial charge is 0.366 e. The van der Waals surface area contributed by atoms with Crippen LogP contribution in [0.5, 0.6) is 0 Å². The third-order valence-corrected chi connectivity index (χ3v) is 7.59. The van der Waals surface area contributed by atoms with Crippen molar-refractivity contribution >= 4 is 44.2 Å². The zero-order chi connectivity index (χ0) is 26.2. The Labute approximate surface area is 215 Å². The van der Waals surface area contributed by atoms with Crippen LogP contribution in [0.3, 0.4) is 0 Å². The summed E-state index contributed by atoms with van der Waals surface area (Å²) in [5.41, 5.74) is 2.50. The second kappa shape index (κ2) is 9.94. The van der Waals surface area contributed by atoms with Crippen LogP contribution in [0.1, 0.15) is 12.5 Å². The van der Waals surface area contributed by atoms with Gasteiger partial charge in [-0.25, -0.2) is 22.8 Å². The number of nitrogens with zero attached hydrogens (tertiary/aromatic N) is 6. The summed E-state index contributed by atoms with van der Waals surface area (Å²) in [4.78, 5) is 15.3. The molecule has 4 heterocycles. The Kier molecular flexibility index (Phi) is 6.69. The van der Waals surface area contributed by atoms with Crippen LogP contribution in [0.2, 0.25) is 0 Å². The Morgan fingerprint density at radius 2 is 2.08 bits per heavy atom. The van der Waals surface area contributed by atoms with Crippen LogP contribution in [0.4, 0.5) is 27.5 Å². The van der Waals surface area contributed by atoms with Gasteiger partial charge in [-0.1, -0.05) is 6.07 Å². The van der Waals surface area contributed by atoms with Crippen molar-refractivity contribution in [2.75, 3.05) is 47.5 Å². The number of fused-ring (bicyclic) bond motifs is 1. The van der Waals surface area contributed by atoms with Crippen molar-refractivity contribution in [1.29, 1.82) is 0 Å². The van der Waals surface area contributed by atoms with Gasteiger partial charge < -0.3 is 20.1 Å². The molecule has 0 saturated carbocycles. The van der Waals surface area contributed by atoms with E-state index < -0.39 is 10.0 Å². The van der Waals surface area contributed by atoms with Gasteiger partial charge in [-0.3, -0.25) is 4.31 Å². The van der Waals surface area contributed by atoms with E-state index in [1.54, 1.807) is 24.5 Å². The number of aromatic nitrogens is 4. The summed E-state index contributed by atoms with van der Waals surface area (Å²) < 4.78 is 42.2. The van der Waals surface area contributed by atoms with Gasteiger partial charge in [0, 0.05) is 68.0 Å². The van der Waals surface area contributed by atoms with Crippen LogP contribution in [-0.4, -0.2) is 66.9 Å². The minimum Gasteiger partial charge on any atom is -0.366 e. The third-order valence-electron chi connectivity index (χ3n) is 6.42. The van der Waals surface area contributed by atoms with E-state index >= 15 is 0 Å². The maximum atomic E-state index is 15.0. The van der Waals surface area contributed by atoms with Gasteiger partial charge in [0.1, 0.15) is 17.3 Å². The molecule has 0 radical (unpaired) electrons. The standard InChI is InChI=1S/C25H29FN8O2S/c1-17-15-33(12-10-27-17)22-7-6-20(13-21(22)26)30-25-29-14-18-8-11-34(24(18)31-25)16-19-5-4-9-28-23(19)32(2)37(3,35)36/h4-9,11,13-14,17,27H,10,12,15-16H2,1-3H3,(H,29,30,31)/t17-/m0/s1. The number of hydrogen-bond acceptors (Lipinski definition) is 8. The van der Waals surface area contributed by atoms with E-state index in [0.29, 0.717) is 41.4 Å². The molecule has 1 atom stereocenters. The fraction of sp³-hybridized carbons (Fsp3) is 0.320. The normalized spacial score (nSPS) is 16.2. The first-order chi connectivity index (χ1) is 17.7. The summed E-state index contributed by atoms with van der Waals surface area (Å²) in [5, 5.41) is 7.29. The summed E-state index contributed by atoms with van der Waals surface area (Å²) in [6.07, 6.45) is 6.26. The van der Waals surface area contributed by atoms with Crippen molar-refractivity contribution in [3.63, 3.8) is 0 Å². The smallest absolute Gasteiger partial charge is 0.233 e. The van der Waals surface area contributed by atoms with E-state index in [2.05, 4.69) is 32.5 Å². The lowest BCUT2D eigenvalue weighted by molar-refractivity contribution is 0.478. The second-order valence-corrected chi connectivity index (χ2v) is 11.2. The van der Waals surface area contributed by atoms with E-state index in [1.807, 2.05) is 33.9 Å². The van der Waals surface area contributed by atoms with Crippen LogP contribution in [0.15, 0.2) is 55.0 Å². The Bertz CT molecular complexity index is 1540. The predicted octanol–water partition coefficient (Wildman–Crippen LogP) is 2.95. The highest BCUT2D eigenvalue weighted by Crippen LogP contribution is 2.26. The van der Waals surface area contributed by atoms with Crippen molar-refractivity contribution in [2.45, 2.75) is 19.5 Å². The highest BCUT2D eigenvalue weighted by Gasteiger charge is 2.20. The summed E-state index contributed by atoms with van der Waals surface area (Å²) in [6, 6.07) is 10.8. The molecule has 0 aliphatic carbocycles. The number of benzene rings is 1. The molecule has 10 nitrogen and oxygen atoms in total. The topological polar surface area (TPSA) is 108 Å². The highest BCUT2D eigenvalue weighted by molar-refractivity contribution is 7.92. The van der Waals surface area contributed by atoms with Crippen LogP contribution in [0, 0.1) is 5.82 Å². The van der Waals surface area contributed by atoms with E-state index in [4.69, 9.17) is 0 Å². The molecule has 0 unspecified atom stereocenters. The molecule has 1 aromatic carbocycles. The maximum absolute atomic E-state index is 15.0. The molecule has 2 N–H and O–H groups in total. The summed E-state index contributed by atoms with van der Waals surface area (Å²) in [7, 11) is -1.99. The molecule has 12 heteroatoms. The molecule has 1 aliphatic heterocycles. The molecule has 5 rings (SSSR count). The van der Waals surface area contributed by atoms with Gasteiger partial charge in [-0.2, -0.15) is 4.98 Å². The zero-order valence-corrected chi connectivity index (χ0v) is 21.7. The van der Waals surface area contributed by atoms with Crippen molar-refractivity contribution in [3.05, 3.63) is 66.4 Å². The van der Waals surface area contributed by atoms with Gasteiger partial charge in [0.05, 0.1) is 18.5 Å². The highest BCUT2D eigenvalue weighted by atomic mass is 32.2. The minimum absolute atomic E-state index is 0.303. The molecular formula is C25H29FN8O2S. The fourth-order valence-corrected chi connectivity index (χ4v) is 4.94.